The molecule has 156 valence electrons. The lowest BCUT2D eigenvalue weighted by Gasteiger charge is -2.12. The van der Waals surface area contributed by atoms with Crippen molar-refractivity contribution in [2.75, 3.05) is 11.9 Å². The van der Waals surface area contributed by atoms with Crippen LogP contribution in [0.5, 0.6) is 0 Å². The molecular weight excluding hydrogens is 378 g/mol. The van der Waals surface area contributed by atoms with Gasteiger partial charge in [0.1, 0.15) is 0 Å². The minimum absolute atomic E-state index is 0.0268. The molecule has 0 aliphatic rings. The number of benzene rings is 2. The standard InChI is InChI=1S/C24H27N3O3/c1-16-10-12-21(13-11-16)27-19(4)24(18(3)26-27)25-22(28)15-30-23(29)14-17(2)20-8-6-5-7-9-20/h5-13,17H,14-15H2,1-4H3,(H,25,28)/t17-/m1/s1. The van der Waals surface area contributed by atoms with Gasteiger partial charge in [0.15, 0.2) is 6.61 Å². The van der Waals surface area contributed by atoms with Gasteiger partial charge in [-0.1, -0.05) is 55.0 Å². The molecule has 2 aromatic carbocycles. The first-order valence-electron chi connectivity index (χ1n) is 9.99. The van der Waals surface area contributed by atoms with Gasteiger partial charge in [-0.2, -0.15) is 5.10 Å². The molecule has 6 heteroatoms. The van der Waals surface area contributed by atoms with Crippen molar-refractivity contribution >= 4 is 17.6 Å². The van der Waals surface area contributed by atoms with E-state index < -0.39 is 5.97 Å². The van der Waals surface area contributed by atoms with Crippen LogP contribution in [0.15, 0.2) is 54.6 Å². The van der Waals surface area contributed by atoms with Crippen LogP contribution in [-0.2, 0) is 14.3 Å². The summed E-state index contributed by atoms with van der Waals surface area (Å²) in [5.41, 5.74) is 5.29. The Balaban J connectivity index is 1.57. The Labute approximate surface area is 176 Å². The second-order valence-electron chi connectivity index (χ2n) is 7.52. The predicted octanol–water partition coefficient (Wildman–Crippen LogP) is 4.47. The van der Waals surface area contributed by atoms with E-state index in [1.807, 2.05) is 82.3 Å². The molecule has 1 N–H and O–H groups in total. The van der Waals surface area contributed by atoms with Crippen molar-refractivity contribution in [2.24, 2.45) is 0 Å². The molecule has 0 saturated carbocycles. The zero-order valence-electron chi connectivity index (χ0n) is 17.8. The minimum atomic E-state index is -0.398. The van der Waals surface area contributed by atoms with Crippen molar-refractivity contribution in [3.05, 3.63) is 77.1 Å². The fourth-order valence-corrected chi connectivity index (χ4v) is 3.29. The molecule has 3 rings (SSSR count). The van der Waals surface area contributed by atoms with E-state index >= 15 is 0 Å². The average molecular weight is 405 g/mol. The van der Waals surface area contributed by atoms with Gasteiger partial charge in [-0.3, -0.25) is 9.59 Å². The number of ether oxygens (including phenoxy) is 1. The molecule has 0 aliphatic carbocycles. The third-order valence-electron chi connectivity index (χ3n) is 5.04. The van der Waals surface area contributed by atoms with Crippen LogP contribution in [0.3, 0.4) is 0 Å². The van der Waals surface area contributed by atoms with Gasteiger partial charge in [-0.05, 0) is 44.4 Å². The van der Waals surface area contributed by atoms with Crippen LogP contribution in [-0.4, -0.2) is 28.3 Å². The van der Waals surface area contributed by atoms with Gasteiger partial charge in [0.25, 0.3) is 5.91 Å². The fourth-order valence-electron chi connectivity index (χ4n) is 3.29. The van der Waals surface area contributed by atoms with E-state index in [2.05, 4.69) is 10.4 Å². The van der Waals surface area contributed by atoms with Crippen LogP contribution < -0.4 is 5.32 Å². The lowest BCUT2D eigenvalue weighted by atomic mass is 9.98. The highest BCUT2D eigenvalue weighted by Gasteiger charge is 2.17. The number of aryl methyl sites for hydroxylation is 2. The summed E-state index contributed by atoms with van der Waals surface area (Å²) < 4.78 is 6.96. The highest BCUT2D eigenvalue weighted by Crippen LogP contribution is 2.23. The van der Waals surface area contributed by atoms with Crippen LogP contribution >= 0.6 is 0 Å². The number of amides is 1. The average Bonchev–Trinajstić information content (AvgIpc) is 3.01. The number of carbonyl (C=O) groups excluding carboxylic acids is 2. The molecule has 1 amide bonds. The van der Waals surface area contributed by atoms with E-state index in [9.17, 15) is 9.59 Å². The second-order valence-corrected chi connectivity index (χ2v) is 7.52. The van der Waals surface area contributed by atoms with Crippen LogP contribution in [0.4, 0.5) is 5.69 Å². The molecule has 1 aromatic heterocycles. The lowest BCUT2D eigenvalue weighted by Crippen LogP contribution is -2.22. The van der Waals surface area contributed by atoms with Crippen LogP contribution in [0, 0.1) is 20.8 Å². The first kappa shape index (κ1) is 21.3. The smallest absolute Gasteiger partial charge is 0.306 e. The summed E-state index contributed by atoms with van der Waals surface area (Å²) in [5, 5.41) is 7.35. The first-order chi connectivity index (χ1) is 14.3. The maximum absolute atomic E-state index is 12.3. The lowest BCUT2D eigenvalue weighted by molar-refractivity contribution is -0.147. The van der Waals surface area contributed by atoms with Gasteiger partial charge in [-0.15, -0.1) is 0 Å². The number of rotatable bonds is 7. The number of esters is 1. The monoisotopic (exact) mass is 405 g/mol. The third kappa shape index (κ3) is 5.14. The highest BCUT2D eigenvalue weighted by atomic mass is 16.5. The van der Waals surface area contributed by atoms with Gasteiger partial charge in [0, 0.05) is 0 Å². The summed E-state index contributed by atoms with van der Waals surface area (Å²) in [7, 11) is 0. The maximum Gasteiger partial charge on any atom is 0.306 e. The van der Waals surface area contributed by atoms with E-state index in [0.29, 0.717) is 11.4 Å². The van der Waals surface area contributed by atoms with E-state index in [0.717, 1.165) is 22.5 Å². The topological polar surface area (TPSA) is 73.2 Å². The van der Waals surface area contributed by atoms with Crippen molar-refractivity contribution in [1.29, 1.82) is 0 Å². The molecule has 0 radical (unpaired) electrons. The molecular formula is C24H27N3O3. The Morgan fingerprint density at radius 2 is 1.70 bits per heavy atom. The largest absolute Gasteiger partial charge is 0.456 e. The van der Waals surface area contributed by atoms with E-state index in [1.54, 1.807) is 4.68 Å². The van der Waals surface area contributed by atoms with E-state index in [4.69, 9.17) is 4.74 Å². The molecule has 30 heavy (non-hydrogen) atoms. The van der Waals surface area contributed by atoms with Gasteiger partial charge >= 0.3 is 5.97 Å². The molecule has 6 nitrogen and oxygen atoms in total. The quantitative estimate of drug-likeness (QED) is 0.589. The molecule has 1 heterocycles. The zero-order valence-corrected chi connectivity index (χ0v) is 17.8. The van der Waals surface area contributed by atoms with Crippen LogP contribution in [0.2, 0.25) is 0 Å². The van der Waals surface area contributed by atoms with Crippen molar-refractivity contribution in [2.45, 2.75) is 40.0 Å². The number of nitrogens with one attached hydrogen (secondary N) is 1. The van der Waals surface area contributed by atoms with Gasteiger partial charge in [-0.25, -0.2) is 4.68 Å². The first-order valence-corrected chi connectivity index (χ1v) is 9.99. The Hall–Kier alpha value is -3.41. The summed E-state index contributed by atoms with van der Waals surface area (Å²) in [4.78, 5) is 24.5. The minimum Gasteiger partial charge on any atom is -0.456 e. The Morgan fingerprint density at radius 3 is 2.37 bits per heavy atom. The molecule has 0 saturated heterocycles. The van der Waals surface area contributed by atoms with Gasteiger partial charge in [0.05, 0.1) is 29.2 Å². The van der Waals surface area contributed by atoms with E-state index in [1.165, 1.54) is 0 Å². The molecule has 0 unspecified atom stereocenters. The van der Waals surface area contributed by atoms with Crippen molar-refractivity contribution in [3.8, 4) is 5.69 Å². The Morgan fingerprint density at radius 1 is 1.03 bits per heavy atom. The Kier molecular flexibility index (Phi) is 6.67. The number of hydrogen-bond donors (Lipinski definition) is 1. The maximum atomic E-state index is 12.3. The SMILES string of the molecule is Cc1ccc(-n2nc(C)c(NC(=O)COC(=O)C[C@@H](C)c3ccccc3)c2C)cc1. The molecule has 0 aliphatic heterocycles. The number of nitrogens with zero attached hydrogens (tertiary/aromatic N) is 2. The third-order valence-corrected chi connectivity index (χ3v) is 5.04. The van der Waals surface area contributed by atoms with Crippen molar-refractivity contribution < 1.29 is 14.3 Å². The molecule has 0 spiro atoms. The highest BCUT2D eigenvalue weighted by molar-refractivity contribution is 5.94. The second kappa shape index (κ2) is 9.39. The summed E-state index contributed by atoms with van der Waals surface area (Å²) in [6.45, 7) is 7.39. The molecule has 1 atom stereocenters. The molecule has 0 bridgehead atoms. The number of hydrogen-bond acceptors (Lipinski definition) is 4. The number of aromatic nitrogens is 2. The summed E-state index contributed by atoms with van der Waals surface area (Å²) in [6, 6.07) is 17.7. The number of anilines is 1. The van der Waals surface area contributed by atoms with Crippen LogP contribution in [0.25, 0.3) is 5.69 Å². The van der Waals surface area contributed by atoms with Gasteiger partial charge < -0.3 is 10.1 Å². The normalized spacial score (nSPS) is 11.7. The Bertz CT molecular complexity index is 1020. The summed E-state index contributed by atoms with van der Waals surface area (Å²) in [6.07, 6.45) is 0.223. The fraction of sp³-hybridized carbons (Fsp3) is 0.292. The van der Waals surface area contributed by atoms with E-state index in [-0.39, 0.29) is 24.9 Å². The van der Waals surface area contributed by atoms with Crippen LogP contribution in [0.1, 0.15) is 41.8 Å². The van der Waals surface area contributed by atoms with Gasteiger partial charge in [0.2, 0.25) is 0 Å². The van der Waals surface area contributed by atoms with Crippen molar-refractivity contribution in [3.63, 3.8) is 0 Å². The summed E-state index contributed by atoms with van der Waals surface area (Å²) >= 11 is 0. The molecule has 0 fully saturated rings. The molecule has 3 aromatic rings. The zero-order chi connectivity index (χ0) is 21.7. The summed E-state index contributed by atoms with van der Waals surface area (Å²) in [5.74, 6) is -0.755. The number of carbonyl (C=O) groups is 2. The predicted molar refractivity (Wildman–Crippen MR) is 117 cm³/mol. The van der Waals surface area contributed by atoms with Crippen molar-refractivity contribution in [1.82, 2.24) is 9.78 Å².